The van der Waals surface area contributed by atoms with Crippen LogP contribution in [0.4, 0.5) is 4.79 Å². The summed E-state index contributed by atoms with van der Waals surface area (Å²) in [5.41, 5.74) is 0.299. The number of hydrogen-bond donors (Lipinski definition) is 2. The Hall–Kier alpha value is -3.14. The van der Waals surface area contributed by atoms with Gasteiger partial charge in [0.2, 0.25) is 5.91 Å². The highest BCUT2D eigenvalue weighted by Crippen LogP contribution is 2.30. The number of pyridine rings is 1. The van der Waals surface area contributed by atoms with Crippen molar-refractivity contribution < 1.29 is 29.0 Å². The number of carboxylic acids is 1. The van der Waals surface area contributed by atoms with Gasteiger partial charge in [0.15, 0.2) is 0 Å². The van der Waals surface area contributed by atoms with E-state index in [2.05, 4.69) is 15.0 Å². The fourth-order valence-corrected chi connectivity index (χ4v) is 4.51. The quantitative estimate of drug-likeness (QED) is 0.631. The van der Waals surface area contributed by atoms with Crippen molar-refractivity contribution in [2.45, 2.75) is 39.3 Å². The molecule has 2 N–H and O–H groups in total. The minimum Gasteiger partial charge on any atom is -0.492 e. The van der Waals surface area contributed by atoms with Gasteiger partial charge in [0.25, 0.3) is 0 Å². The normalized spacial score (nSPS) is 19.1. The summed E-state index contributed by atoms with van der Waals surface area (Å²) in [6.07, 6.45) is 2.89. The van der Waals surface area contributed by atoms with Gasteiger partial charge in [-0.05, 0) is 29.3 Å². The highest BCUT2D eigenvalue weighted by molar-refractivity contribution is 7.13. The molecule has 3 atom stereocenters. The van der Waals surface area contributed by atoms with Crippen molar-refractivity contribution in [3.05, 3.63) is 36.0 Å². The molecule has 2 amide bonds. The zero-order valence-corrected chi connectivity index (χ0v) is 19.9. The lowest BCUT2D eigenvalue weighted by molar-refractivity contribution is -0.150. The first-order valence-electron chi connectivity index (χ1n) is 10.6. The highest BCUT2D eigenvalue weighted by atomic mass is 32.1. The van der Waals surface area contributed by atoms with Crippen LogP contribution in [-0.2, 0) is 14.3 Å². The van der Waals surface area contributed by atoms with Crippen LogP contribution >= 0.6 is 11.3 Å². The molecule has 33 heavy (non-hydrogen) atoms. The molecule has 1 fully saturated rings. The molecule has 2 aromatic rings. The van der Waals surface area contributed by atoms with E-state index in [9.17, 15) is 19.5 Å². The van der Waals surface area contributed by atoms with Crippen LogP contribution in [0.5, 0.6) is 5.75 Å². The predicted molar refractivity (Wildman–Crippen MR) is 123 cm³/mol. The molecule has 0 radical (unpaired) electrons. The summed E-state index contributed by atoms with van der Waals surface area (Å²) in [5, 5.41) is 14.3. The molecule has 0 saturated carbocycles. The molecule has 2 aromatic heterocycles. The minimum absolute atomic E-state index is 0.181. The SMILES string of the molecule is COC(=O)N[C@H](C(=O)N1C[C@H](COc2cncc(-c3cccs3)c2)C[C@H]1C(=O)O)C(C)(C)C. The molecule has 0 aromatic carbocycles. The van der Waals surface area contributed by atoms with Gasteiger partial charge in [-0.2, -0.15) is 0 Å². The molecular weight excluding hydrogens is 446 g/mol. The van der Waals surface area contributed by atoms with Gasteiger partial charge in [-0.3, -0.25) is 9.78 Å². The fraction of sp³-hybridized carbons (Fsp3) is 0.478. The summed E-state index contributed by atoms with van der Waals surface area (Å²) < 4.78 is 10.6. The van der Waals surface area contributed by atoms with Crippen LogP contribution in [0, 0.1) is 11.3 Å². The Labute approximate surface area is 196 Å². The Morgan fingerprint density at radius 3 is 2.70 bits per heavy atom. The monoisotopic (exact) mass is 475 g/mol. The molecule has 3 heterocycles. The number of carbonyl (C=O) groups is 3. The van der Waals surface area contributed by atoms with Crippen LogP contribution in [0.15, 0.2) is 36.0 Å². The number of nitrogens with zero attached hydrogens (tertiary/aromatic N) is 2. The van der Waals surface area contributed by atoms with Crippen LogP contribution in [0.3, 0.4) is 0 Å². The zero-order valence-electron chi connectivity index (χ0n) is 19.1. The van der Waals surface area contributed by atoms with Gasteiger partial charge in [0.1, 0.15) is 17.8 Å². The Balaban J connectivity index is 1.70. The van der Waals surface area contributed by atoms with Crippen molar-refractivity contribution in [3.8, 4) is 16.2 Å². The molecule has 0 unspecified atom stereocenters. The molecule has 0 aliphatic carbocycles. The van der Waals surface area contributed by atoms with E-state index in [1.807, 2.05) is 23.6 Å². The Kier molecular flexibility index (Phi) is 7.57. The Morgan fingerprint density at radius 2 is 2.09 bits per heavy atom. The maximum Gasteiger partial charge on any atom is 0.407 e. The number of thiophene rings is 1. The largest absolute Gasteiger partial charge is 0.492 e. The van der Waals surface area contributed by atoms with Crippen molar-refractivity contribution in [1.29, 1.82) is 0 Å². The van der Waals surface area contributed by atoms with Crippen LogP contribution < -0.4 is 10.1 Å². The second kappa shape index (κ2) is 10.2. The average Bonchev–Trinajstić information content (AvgIpc) is 3.45. The Bertz CT molecular complexity index is 988. The molecule has 178 valence electrons. The van der Waals surface area contributed by atoms with Gasteiger partial charge >= 0.3 is 12.1 Å². The number of carboxylic acid groups (broad SMARTS) is 1. The van der Waals surface area contributed by atoms with Crippen LogP contribution in [-0.4, -0.2) is 65.3 Å². The number of carbonyl (C=O) groups excluding carboxylic acids is 2. The summed E-state index contributed by atoms with van der Waals surface area (Å²) in [6, 6.07) is 3.92. The number of alkyl carbamates (subject to hydrolysis) is 1. The summed E-state index contributed by atoms with van der Waals surface area (Å²) in [7, 11) is 1.21. The van der Waals surface area contributed by atoms with Crippen LogP contribution in [0.25, 0.3) is 10.4 Å². The van der Waals surface area contributed by atoms with Crippen molar-refractivity contribution >= 4 is 29.3 Å². The molecule has 0 bridgehead atoms. The summed E-state index contributed by atoms with van der Waals surface area (Å²) >= 11 is 1.60. The number of hydrogen-bond acceptors (Lipinski definition) is 7. The number of amides is 2. The van der Waals surface area contributed by atoms with E-state index in [1.165, 1.54) is 12.0 Å². The van der Waals surface area contributed by atoms with E-state index in [0.29, 0.717) is 5.75 Å². The van der Waals surface area contributed by atoms with Gasteiger partial charge in [-0.15, -0.1) is 11.3 Å². The van der Waals surface area contributed by atoms with Gasteiger partial charge in [0, 0.05) is 29.1 Å². The third-order valence-corrected chi connectivity index (χ3v) is 6.44. The van der Waals surface area contributed by atoms with E-state index in [1.54, 1.807) is 44.5 Å². The average molecular weight is 476 g/mol. The van der Waals surface area contributed by atoms with Crippen molar-refractivity contribution in [2.24, 2.45) is 11.3 Å². The molecule has 0 spiro atoms. The topological polar surface area (TPSA) is 118 Å². The van der Waals surface area contributed by atoms with Crippen LogP contribution in [0.1, 0.15) is 27.2 Å². The van der Waals surface area contributed by atoms with Crippen LogP contribution in [0.2, 0.25) is 0 Å². The number of aromatic nitrogens is 1. The number of likely N-dealkylation sites (tertiary alicyclic amines) is 1. The zero-order chi connectivity index (χ0) is 24.2. The summed E-state index contributed by atoms with van der Waals surface area (Å²) in [6.45, 7) is 5.85. The van der Waals surface area contributed by atoms with Gasteiger partial charge in [-0.25, -0.2) is 9.59 Å². The first-order valence-corrected chi connectivity index (χ1v) is 11.5. The van der Waals surface area contributed by atoms with Gasteiger partial charge in [0.05, 0.1) is 19.9 Å². The van der Waals surface area contributed by atoms with E-state index < -0.39 is 35.5 Å². The smallest absolute Gasteiger partial charge is 0.407 e. The second-order valence-corrected chi connectivity index (χ2v) is 10.0. The first kappa shape index (κ1) is 24.5. The van der Waals surface area contributed by atoms with Crippen molar-refractivity contribution in [3.63, 3.8) is 0 Å². The lowest BCUT2D eigenvalue weighted by Gasteiger charge is -2.34. The lowest BCUT2D eigenvalue weighted by atomic mass is 9.85. The molecule has 1 aliphatic heterocycles. The number of nitrogens with one attached hydrogen (secondary N) is 1. The van der Waals surface area contributed by atoms with E-state index in [4.69, 9.17) is 4.74 Å². The number of rotatable bonds is 7. The second-order valence-electron chi connectivity index (χ2n) is 9.08. The molecule has 10 heteroatoms. The van der Waals surface area contributed by atoms with E-state index in [0.717, 1.165) is 10.4 Å². The summed E-state index contributed by atoms with van der Waals surface area (Å²) in [4.78, 5) is 43.6. The molecule has 1 saturated heterocycles. The number of aliphatic carboxylic acids is 1. The molecule has 9 nitrogen and oxygen atoms in total. The molecule has 3 rings (SSSR count). The van der Waals surface area contributed by atoms with Crippen molar-refractivity contribution in [2.75, 3.05) is 20.3 Å². The van der Waals surface area contributed by atoms with Gasteiger partial charge in [-0.1, -0.05) is 26.8 Å². The maximum absolute atomic E-state index is 13.3. The summed E-state index contributed by atoms with van der Waals surface area (Å²) in [5.74, 6) is -1.14. The van der Waals surface area contributed by atoms with E-state index in [-0.39, 0.29) is 25.5 Å². The number of methoxy groups -OCH3 is 1. The molecule has 1 aliphatic rings. The minimum atomic E-state index is -1.09. The third kappa shape index (κ3) is 6.01. The molecular formula is C23H29N3O6S. The maximum atomic E-state index is 13.3. The fourth-order valence-electron chi connectivity index (χ4n) is 3.80. The first-order chi connectivity index (χ1) is 15.6. The predicted octanol–water partition coefficient (Wildman–Crippen LogP) is 3.26. The van der Waals surface area contributed by atoms with Gasteiger partial charge < -0.3 is 24.8 Å². The Morgan fingerprint density at radius 1 is 1.33 bits per heavy atom. The van der Waals surface area contributed by atoms with E-state index >= 15 is 0 Å². The lowest BCUT2D eigenvalue weighted by Crippen LogP contribution is -2.56. The highest BCUT2D eigenvalue weighted by Gasteiger charge is 2.45. The number of ether oxygens (including phenoxy) is 2. The third-order valence-electron chi connectivity index (χ3n) is 5.52. The van der Waals surface area contributed by atoms with Crippen molar-refractivity contribution in [1.82, 2.24) is 15.2 Å². The standard InChI is InChI=1S/C23H29N3O6S/c1-23(2,3)19(25-22(30)31-4)20(27)26-12-14(8-17(26)21(28)29)13-32-16-9-15(10-24-11-16)18-6-5-7-33-18/h5-7,9-11,14,17,19H,8,12-13H2,1-4H3,(H,25,30)(H,28,29)/t14-,17+,19-/m1/s1.